The Morgan fingerprint density at radius 2 is 1.66 bits per heavy atom. The van der Waals surface area contributed by atoms with Crippen LogP contribution in [0.4, 0.5) is 5.69 Å². The van der Waals surface area contributed by atoms with Gasteiger partial charge in [0.2, 0.25) is 5.91 Å². The molecule has 1 aliphatic carbocycles. The van der Waals surface area contributed by atoms with Crippen LogP contribution in [0.2, 0.25) is 5.02 Å². The zero-order chi connectivity index (χ0) is 21.0. The van der Waals surface area contributed by atoms with Gasteiger partial charge in [0.1, 0.15) is 6.04 Å². The van der Waals surface area contributed by atoms with E-state index in [-0.39, 0.29) is 29.7 Å². The van der Waals surface area contributed by atoms with E-state index < -0.39 is 6.04 Å². The van der Waals surface area contributed by atoms with Crippen molar-refractivity contribution < 1.29 is 14.4 Å². The molecule has 7 heteroatoms. The highest BCUT2D eigenvalue weighted by atomic mass is 35.5. The van der Waals surface area contributed by atoms with Crippen molar-refractivity contribution in [1.82, 2.24) is 10.6 Å². The molecule has 152 valence electrons. The fourth-order valence-electron chi connectivity index (χ4n) is 2.82. The summed E-state index contributed by atoms with van der Waals surface area (Å²) in [6.45, 7) is 3.71. The number of hydrogen-bond donors (Lipinski definition) is 3. The molecule has 3 N–H and O–H groups in total. The molecule has 2 aromatic rings. The summed E-state index contributed by atoms with van der Waals surface area (Å²) in [5.41, 5.74) is 1.41. The second-order valence-electron chi connectivity index (χ2n) is 7.52. The third kappa shape index (κ3) is 5.81. The maximum absolute atomic E-state index is 12.8. The number of carbonyl (C=O) groups excluding carboxylic acids is 3. The van der Waals surface area contributed by atoms with Gasteiger partial charge in [-0.05, 0) is 61.2 Å². The van der Waals surface area contributed by atoms with Gasteiger partial charge in [0.15, 0.2) is 0 Å². The number of halogens is 1. The first-order valence-corrected chi connectivity index (χ1v) is 9.99. The first-order chi connectivity index (χ1) is 13.8. The van der Waals surface area contributed by atoms with Crippen LogP contribution in [0.5, 0.6) is 0 Å². The number of nitrogens with one attached hydrogen (secondary N) is 3. The van der Waals surface area contributed by atoms with E-state index in [1.165, 1.54) is 0 Å². The fraction of sp³-hybridized carbons (Fsp3) is 0.318. The number of amides is 3. The van der Waals surface area contributed by atoms with Gasteiger partial charge < -0.3 is 16.0 Å². The lowest BCUT2D eigenvalue weighted by Gasteiger charge is -2.22. The quantitative estimate of drug-likeness (QED) is 0.647. The first kappa shape index (κ1) is 20.9. The Morgan fingerprint density at radius 1 is 0.966 bits per heavy atom. The first-order valence-electron chi connectivity index (χ1n) is 9.61. The van der Waals surface area contributed by atoms with E-state index in [2.05, 4.69) is 16.0 Å². The molecule has 1 saturated carbocycles. The lowest BCUT2D eigenvalue weighted by atomic mass is 10.0. The van der Waals surface area contributed by atoms with Crippen LogP contribution in [0.1, 0.15) is 47.4 Å². The minimum absolute atomic E-state index is 0.132. The standard InChI is InChI=1S/C22H24ClN3O3/c1-13(2)19(26-20(27)14-6-8-16(23)9-7-14)22(29)25-18-5-3-4-15(12-18)21(28)24-17-10-11-17/h3-9,12-13,17,19H,10-11H2,1-2H3,(H,24,28)(H,25,29)(H,26,27). The molecule has 0 aromatic heterocycles. The average Bonchev–Trinajstić information content (AvgIpc) is 3.50. The third-order valence-electron chi connectivity index (χ3n) is 4.65. The smallest absolute Gasteiger partial charge is 0.251 e. The predicted molar refractivity (Wildman–Crippen MR) is 113 cm³/mol. The average molecular weight is 414 g/mol. The minimum atomic E-state index is -0.734. The van der Waals surface area contributed by atoms with Crippen molar-refractivity contribution in [3.63, 3.8) is 0 Å². The van der Waals surface area contributed by atoms with Crippen molar-refractivity contribution in [3.05, 3.63) is 64.7 Å². The summed E-state index contributed by atoms with van der Waals surface area (Å²) in [6, 6.07) is 12.8. The molecule has 0 spiro atoms. The topological polar surface area (TPSA) is 87.3 Å². The molecule has 3 rings (SSSR count). The molecule has 1 atom stereocenters. The van der Waals surface area contributed by atoms with Crippen LogP contribution in [-0.4, -0.2) is 29.8 Å². The summed E-state index contributed by atoms with van der Waals surface area (Å²) in [4.78, 5) is 37.5. The molecule has 0 radical (unpaired) electrons. The van der Waals surface area contributed by atoms with Gasteiger partial charge >= 0.3 is 0 Å². The molecule has 0 bridgehead atoms. The summed E-state index contributed by atoms with van der Waals surface area (Å²) in [5, 5.41) is 9.02. The number of benzene rings is 2. The molecule has 0 aliphatic heterocycles. The molecule has 1 aliphatic rings. The summed E-state index contributed by atoms with van der Waals surface area (Å²) in [5.74, 6) is -0.984. The van der Waals surface area contributed by atoms with Crippen LogP contribution >= 0.6 is 11.6 Å². The van der Waals surface area contributed by atoms with E-state index in [4.69, 9.17) is 11.6 Å². The second-order valence-corrected chi connectivity index (χ2v) is 7.96. The Labute approximate surface area is 175 Å². The lowest BCUT2D eigenvalue weighted by Crippen LogP contribution is -2.47. The Hall–Kier alpha value is -2.86. The van der Waals surface area contributed by atoms with Crippen molar-refractivity contribution in [3.8, 4) is 0 Å². The Morgan fingerprint density at radius 3 is 2.28 bits per heavy atom. The molecular weight excluding hydrogens is 390 g/mol. The highest BCUT2D eigenvalue weighted by Crippen LogP contribution is 2.20. The highest BCUT2D eigenvalue weighted by molar-refractivity contribution is 6.30. The van der Waals surface area contributed by atoms with Crippen LogP contribution in [0.3, 0.4) is 0 Å². The number of anilines is 1. The zero-order valence-electron chi connectivity index (χ0n) is 16.4. The number of carbonyl (C=O) groups is 3. The van der Waals surface area contributed by atoms with Crippen LogP contribution in [0.25, 0.3) is 0 Å². The predicted octanol–water partition coefficient (Wildman–Crippen LogP) is 3.63. The molecule has 29 heavy (non-hydrogen) atoms. The highest BCUT2D eigenvalue weighted by Gasteiger charge is 2.26. The van der Waals surface area contributed by atoms with Crippen molar-refractivity contribution in [2.45, 2.75) is 38.8 Å². The second kappa shape index (κ2) is 9.09. The molecular formula is C22H24ClN3O3. The van der Waals surface area contributed by atoms with Gasteiger partial charge in [-0.15, -0.1) is 0 Å². The van der Waals surface area contributed by atoms with Gasteiger partial charge in [-0.25, -0.2) is 0 Å². The summed E-state index contributed by atoms with van der Waals surface area (Å²) < 4.78 is 0. The van der Waals surface area contributed by atoms with Gasteiger partial charge in [0.05, 0.1) is 0 Å². The largest absolute Gasteiger partial charge is 0.349 e. The summed E-state index contributed by atoms with van der Waals surface area (Å²) >= 11 is 5.86. The van der Waals surface area contributed by atoms with Crippen molar-refractivity contribution in [1.29, 1.82) is 0 Å². The maximum atomic E-state index is 12.8. The van der Waals surface area contributed by atoms with E-state index in [0.29, 0.717) is 21.8 Å². The van der Waals surface area contributed by atoms with E-state index in [1.807, 2.05) is 13.8 Å². The molecule has 1 unspecified atom stereocenters. The van der Waals surface area contributed by atoms with Gasteiger partial charge in [-0.2, -0.15) is 0 Å². The SMILES string of the molecule is CC(C)C(NC(=O)c1ccc(Cl)cc1)C(=O)Nc1cccc(C(=O)NC2CC2)c1. The normalized spacial score (nSPS) is 14.2. The lowest BCUT2D eigenvalue weighted by molar-refractivity contribution is -0.118. The summed E-state index contributed by atoms with van der Waals surface area (Å²) in [6.07, 6.45) is 2.01. The van der Waals surface area contributed by atoms with Crippen LogP contribution < -0.4 is 16.0 Å². The van der Waals surface area contributed by atoms with E-state index in [1.54, 1.807) is 48.5 Å². The van der Waals surface area contributed by atoms with Gasteiger partial charge in [-0.3, -0.25) is 14.4 Å². The van der Waals surface area contributed by atoms with Crippen LogP contribution in [0, 0.1) is 5.92 Å². The van der Waals surface area contributed by atoms with Crippen LogP contribution in [0.15, 0.2) is 48.5 Å². The van der Waals surface area contributed by atoms with Gasteiger partial charge in [0.25, 0.3) is 11.8 Å². The van der Waals surface area contributed by atoms with Crippen molar-refractivity contribution in [2.75, 3.05) is 5.32 Å². The molecule has 0 heterocycles. The maximum Gasteiger partial charge on any atom is 0.251 e. The molecule has 3 amide bonds. The minimum Gasteiger partial charge on any atom is -0.349 e. The molecule has 2 aromatic carbocycles. The number of hydrogen-bond acceptors (Lipinski definition) is 3. The Bertz CT molecular complexity index is 908. The monoisotopic (exact) mass is 413 g/mol. The molecule has 6 nitrogen and oxygen atoms in total. The van der Waals surface area contributed by atoms with Crippen LogP contribution in [-0.2, 0) is 4.79 Å². The summed E-state index contributed by atoms with van der Waals surface area (Å²) in [7, 11) is 0. The van der Waals surface area contributed by atoms with E-state index in [9.17, 15) is 14.4 Å². The molecule has 1 fully saturated rings. The van der Waals surface area contributed by atoms with Gasteiger partial charge in [0, 0.05) is 27.9 Å². The number of rotatable bonds is 7. The van der Waals surface area contributed by atoms with Gasteiger partial charge in [-0.1, -0.05) is 31.5 Å². The third-order valence-corrected chi connectivity index (χ3v) is 4.90. The molecule has 0 saturated heterocycles. The Kier molecular flexibility index (Phi) is 6.54. The van der Waals surface area contributed by atoms with Crippen molar-refractivity contribution in [2.24, 2.45) is 5.92 Å². The zero-order valence-corrected chi connectivity index (χ0v) is 17.1. The van der Waals surface area contributed by atoms with Crippen molar-refractivity contribution >= 4 is 35.0 Å². The fourth-order valence-corrected chi connectivity index (χ4v) is 2.94. The van der Waals surface area contributed by atoms with E-state index in [0.717, 1.165) is 12.8 Å². The van der Waals surface area contributed by atoms with E-state index >= 15 is 0 Å². The Balaban J connectivity index is 1.67.